The predicted molar refractivity (Wildman–Crippen MR) is 78.2 cm³/mol. The van der Waals surface area contributed by atoms with Crippen LogP contribution in [0.2, 0.25) is 0 Å². The number of amides is 2. The second kappa shape index (κ2) is 7.44. The highest BCUT2D eigenvalue weighted by Gasteiger charge is 2.22. The van der Waals surface area contributed by atoms with E-state index in [2.05, 4.69) is 5.32 Å². The lowest BCUT2D eigenvalue weighted by Crippen LogP contribution is -2.43. The number of nitriles is 1. The van der Waals surface area contributed by atoms with Crippen LogP contribution >= 0.6 is 0 Å². The summed E-state index contributed by atoms with van der Waals surface area (Å²) in [5.74, 6) is -1.37. The maximum absolute atomic E-state index is 12.1. The molecule has 1 atom stereocenters. The summed E-state index contributed by atoms with van der Waals surface area (Å²) in [7, 11) is 0. The summed E-state index contributed by atoms with van der Waals surface area (Å²) in [5.41, 5.74) is 0.642. The number of piperidine rings is 1. The Hall–Kier alpha value is -2.35. The van der Waals surface area contributed by atoms with Crippen molar-refractivity contribution in [1.29, 1.82) is 5.26 Å². The molecule has 1 aromatic carbocycles. The van der Waals surface area contributed by atoms with Crippen molar-refractivity contribution in [1.82, 2.24) is 10.2 Å². The van der Waals surface area contributed by atoms with Gasteiger partial charge in [0.05, 0.1) is 12.6 Å². The standard InChI is InChI=1S/C16H19N3O2/c17-11-14(13-7-3-1-4-8-13)16(21)18-12-15(20)19-9-5-2-6-10-19/h1,3-4,7-8,14H,2,5-6,9-10,12H2,(H,18,21). The number of nitrogens with one attached hydrogen (secondary N) is 1. The minimum absolute atomic E-state index is 0.0379. The van der Waals surface area contributed by atoms with Gasteiger partial charge in [0.1, 0.15) is 5.92 Å². The molecular formula is C16H19N3O2. The fraction of sp³-hybridized carbons (Fsp3) is 0.438. The molecule has 0 bridgehead atoms. The second-order valence-electron chi connectivity index (χ2n) is 5.13. The van der Waals surface area contributed by atoms with E-state index in [-0.39, 0.29) is 12.5 Å². The van der Waals surface area contributed by atoms with Crippen LogP contribution in [-0.4, -0.2) is 36.3 Å². The molecule has 0 saturated carbocycles. The van der Waals surface area contributed by atoms with Crippen molar-refractivity contribution < 1.29 is 9.59 Å². The van der Waals surface area contributed by atoms with E-state index in [1.165, 1.54) is 0 Å². The number of benzene rings is 1. The Balaban J connectivity index is 1.88. The molecule has 1 fully saturated rings. The van der Waals surface area contributed by atoms with Crippen LogP contribution in [0.1, 0.15) is 30.7 Å². The van der Waals surface area contributed by atoms with Crippen LogP contribution in [0.25, 0.3) is 0 Å². The molecule has 1 saturated heterocycles. The molecule has 110 valence electrons. The molecule has 5 nitrogen and oxygen atoms in total. The molecule has 5 heteroatoms. The molecule has 0 aliphatic carbocycles. The van der Waals surface area contributed by atoms with E-state index >= 15 is 0 Å². The highest BCUT2D eigenvalue weighted by Crippen LogP contribution is 2.14. The van der Waals surface area contributed by atoms with Gasteiger partial charge in [-0.15, -0.1) is 0 Å². The van der Waals surface area contributed by atoms with E-state index in [0.29, 0.717) is 5.56 Å². The Morgan fingerprint density at radius 3 is 2.48 bits per heavy atom. The molecule has 1 aromatic rings. The van der Waals surface area contributed by atoms with Gasteiger partial charge in [-0.2, -0.15) is 5.26 Å². The number of carbonyl (C=O) groups excluding carboxylic acids is 2. The number of hydrogen-bond acceptors (Lipinski definition) is 3. The zero-order chi connectivity index (χ0) is 15.1. The molecule has 0 aromatic heterocycles. The fourth-order valence-electron chi connectivity index (χ4n) is 2.45. The van der Waals surface area contributed by atoms with E-state index in [4.69, 9.17) is 5.26 Å². The summed E-state index contributed by atoms with van der Waals surface area (Å²) in [6.45, 7) is 1.48. The molecule has 1 heterocycles. The first kappa shape index (κ1) is 15.0. The molecule has 1 aliphatic heterocycles. The topological polar surface area (TPSA) is 73.2 Å². The van der Waals surface area contributed by atoms with Gasteiger partial charge >= 0.3 is 0 Å². The van der Waals surface area contributed by atoms with Crippen LogP contribution in [0.5, 0.6) is 0 Å². The Morgan fingerprint density at radius 1 is 1.19 bits per heavy atom. The average molecular weight is 285 g/mol. The van der Waals surface area contributed by atoms with Gasteiger partial charge in [0, 0.05) is 13.1 Å². The van der Waals surface area contributed by atoms with Crippen LogP contribution in [0, 0.1) is 11.3 Å². The maximum Gasteiger partial charge on any atom is 0.242 e. The van der Waals surface area contributed by atoms with E-state index < -0.39 is 11.8 Å². The van der Waals surface area contributed by atoms with Crippen LogP contribution in [0.4, 0.5) is 0 Å². The van der Waals surface area contributed by atoms with Gasteiger partial charge in [0.2, 0.25) is 11.8 Å². The van der Waals surface area contributed by atoms with Gasteiger partial charge in [-0.25, -0.2) is 0 Å². The largest absolute Gasteiger partial charge is 0.346 e. The Labute approximate surface area is 124 Å². The SMILES string of the molecule is N#CC(C(=O)NCC(=O)N1CCCCC1)c1ccccc1. The second-order valence-corrected chi connectivity index (χ2v) is 5.13. The van der Waals surface area contributed by atoms with Gasteiger partial charge in [0.15, 0.2) is 0 Å². The van der Waals surface area contributed by atoms with Crippen molar-refractivity contribution in [3.8, 4) is 6.07 Å². The lowest BCUT2D eigenvalue weighted by atomic mass is 10.00. The van der Waals surface area contributed by atoms with E-state index in [9.17, 15) is 9.59 Å². The van der Waals surface area contributed by atoms with Gasteiger partial charge in [-0.1, -0.05) is 30.3 Å². The lowest BCUT2D eigenvalue weighted by Gasteiger charge is -2.26. The third-order valence-electron chi connectivity index (χ3n) is 3.65. The normalized spacial score (nSPS) is 15.9. The van der Waals surface area contributed by atoms with E-state index in [0.717, 1.165) is 32.4 Å². The van der Waals surface area contributed by atoms with Crippen molar-refractivity contribution in [2.75, 3.05) is 19.6 Å². The third-order valence-corrected chi connectivity index (χ3v) is 3.65. The molecule has 1 N–H and O–H groups in total. The number of hydrogen-bond donors (Lipinski definition) is 1. The number of likely N-dealkylation sites (tertiary alicyclic amines) is 1. The molecular weight excluding hydrogens is 266 g/mol. The molecule has 2 amide bonds. The van der Waals surface area contributed by atoms with Crippen LogP contribution in [0.15, 0.2) is 30.3 Å². The molecule has 21 heavy (non-hydrogen) atoms. The zero-order valence-corrected chi connectivity index (χ0v) is 11.9. The van der Waals surface area contributed by atoms with Crippen molar-refractivity contribution in [2.24, 2.45) is 0 Å². The zero-order valence-electron chi connectivity index (χ0n) is 11.9. The van der Waals surface area contributed by atoms with Crippen molar-refractivity contribution in [3.63, 3.8) is 0 Å². The fourth-order valence-corrected chi connectivity index (χ4v) is 2.45. The summed E-state index contributed by atoms with van der Waals surface area (Å²) < 4.78 is 0. The number of carbonyl (C=O) groups is 2. The quantitative estimate of drug-likeness (QED) is 0.909. The summed E-state index contributed by atoms with van der Waals surface area (Å²) in [6.07, 6.45) is 3.19. The lowest BCUT2D eigenvalue weighted by molar-refractivity contribution is -0.133. The average Bonchev–Trinajstić information content (AvgIpc) is 2.55. The van der Waals surface area contributed by atoms with Crippen molar-refractivity contribution in [2.45, 2.75) is 25.2 Å². The summed E-state index contributed by atoms with van der Waals surface area (Å²) in [4.78, 5) is 25.8. The summed E-state index contributed by atoms with van der Waals surface area (Å²) >= 11 is 0. The van der Waals surface area contributed by atoms with E-state index in [1.54, 1.807) is 29.2 Å². The van der Waals surface area contributed by atoms with Gasteiger partial charge in [-0.05, 0) is 24.8 Å². The first-order valence-corrected chi connectivity index (χ1v) is 7.22. The first-order valence-electron chi connectivity index (χ1n) is 7.22. The maximum atomic E-state index is 12.1. The van der Waals surface area contributed by atoms with Crippen LogP contribution in [-0.2, 0) is 9.59 Å². The third kappa shape index (κ3) is 4.06. The Morgan fingerprint density at radius 2 is 1.86 bits per heavy atom. The molecule has 0 spiro atoms. The highest BCUT2D eigenvalue weighted by atomic mass is 16.2. The first-order chi connectivity index (χ1) is 10.2. The number of rotatable bonds is 4. The van der Waals surface area contributed by atoms with Gasteiger partial charge in [-0.3, -0.25) is 9.59 Å². The van der Waals surface area contributed by atoms with Crippen LogP contribution in [0.3, 0.4) is 0 Å². The molecule has 1 aliphatic rings. The van der Waals surface area contributed by atoms with Gasteiger partial charge < -0.3 is 10.2 Å². The number of nitrogens with zero attached hydrogens (tertiary/aromatic N) is 2. The van der Waals surface area contributed by atoms with Crippen molar-refractivity contribution in [3.05, 3.63) is 35.9 Å². The summed E-state index contributed by atoms with van der Waals surface area (Å²) in [6, 6.07) is 10.9. The summed E-state index contributed by atoms with van der Waals surface area (Å²) in [5, 5.41) is 11.7. The monoisotopic (exact) mass is 285 g/mol. The molecule has 2 rings (SSSR count). The Kier molecular flexibility index (Phi) is 5.33. The minimum Gasteiger partial charge on any atom is -0.346 e. The molecule has 0 radical (unpaired) electrons. The smallest absolute Gasteiger partial charge is 0.242 e. The van der Waals surface area contributed by atoms with Crippen molar-refractivity contribution >= 4 is 11.8 Å². The predicted octanol–water partition coefficient (Wildman–Crippen LogP) is 1.42. The molecule has 1 unspecified atom stereocenters. The highest BCUT2D eigenvalue weighted by molar-refractivity contribution is 5.90. The Bertz CT molecular complexity index is 530. The van der Waals surface area contributed by atoms with E-state index in [1.807, 2.05) is 12.1 Å². The minimum atomic E-state index is -0.875. The van der Waals surface area contributed by atoms with Crippen LogP contribution < -0.4 is 5.32 Å². The van der Waals surface area contributed by atoms with Gasteiger partial charge in [0.25, 0.3) is 0 Å².